The molecule has 1 unspecified atom stereocenters. The highest BCUT2D eigenvalue weighted by molar-refractivity contribution is 5.53. The summed E-state index contributed by atoms with van der Waals surface area (Å²) in [6, 6.07) is 3.37. The number of alkyl halides is 3. The first-order valence-corrected chi connectivity index (χ1v) is 4.72. The van der Waals surface area contributed by atoms with E-state index >= 15 is 0 Å². The van der Waals surface area contributed by atoms with Gasteiger partial charge in [-0.1, -0.05) is 6.07 Å². The Bertz CT molecular complexity index is 489. The van der Waals surface area contributed by atoms with E-state index in [9.17, 15) is 13.2 Å². The number of fused-ring (bicyclic) bond motifs is 1. The molecule has 0 amide bonds. The molecule has 2 N–H and O–H groups in total. The molecule has 2 heterocycles. The van der Waals surface area contributed by atoms with Crippen molar-refractivity contribution in [2.24, 2.45) is 5.73 Å². The van der Waals surface area contributed by atoms with Crippen molar-refractivity contribution in [2.75, 3.05) is 0 Å². The van der Waals surface area contributed by atoms with Crippen molar-refractivity contribution in [1.29, 1.82) is 0 Å². The largest absolute Gasteiger partial charge is 0.403 e. The maximum absolute atomic E-state index is 12.3. The average molecular weight is 229 g/mol. The highest BCUT2D eigenvalue weighted by atomic mass is 19.4. The highest BCUT2D eigenvalue weighted by Crippen LogP contribution is 2.22. The van der Waals surface area contributed by atoms with Crippen LogP contribution in [0.2, 0.25) is 0 Å². The number of hydrogen-bond donors (Lipinski definition) is 1. The molecule has 16 heavy (non-hydrogen) atoms. The molecule has 0 fully saturated rings. The van der Waals surface area contributed by atoms with Crippen LogP contribution in [0.15, 0.2) is 30.6 Å². The third-order valence-electron chi connectivity index (χ3n) is 2.37. The molecule has 6 heteroatoms. The summed E-state index contributed by atoms with van der Waals surface area (Å²) >= 11 is 0. The van der Waals surface area contributed by atoms with Crippen LogP contribution in [0.3, 0.4) is 0 Å². The van der Waals surface area contributed by atoms with Gasteiger partial charge in [-0.15, -0.1) is 0 Å². The molecule has 0 aliphatic carbocycles. The van der Waals surface area contributed by atoms with Crippen molar-refractivity contribution >= 4 is 5.52 Å². The molecule has 0 saturated heterocycles. The Balaban J connectivity index is 2.28. The van der Waals surface area contributed by atoms with Gasteiger partial charge in [-0.25, -0.2) is 4.52 Å². The van der Waals surface area contributed by atoms with Crippen molar-refractivity contribution in [2.45, 2.75) is 18.6 Å². The fourth-order valence-electron chi connectivity index (χ4n) is 1.50. The predicted molar refractivity (Wildman–Crippen MR) is 52.9 cm³/mol. The van der Waals surface area contributed by atoms with E-state index in [4.69, 9.17) is 5.73 Å². The molecular formula is C10H10F3N3. The van der Waals surface area contributed by atoms with Crippen molar-refractivity contribution in [3.63, 3.8) is 0 Å². The number of rotatable bonds is 2. The molecule has 3 nitrogen and oxygen atoms in total. The van der Waals surface area contributed by atoms with Crippen molar-refractivity contribution in [3.05, 3.63) is 36.2 Å². The second-order valence-corrected chi connectivity index (χ2v) is 3.55. The molecule has 0 saturated carbocycles. The molecule has 0 spiro atoms. The first kappa shape index (κ1) is 10.9. The maximum Gasteiger partial charge on any atom is 0.403 e. The average Bonchev–Trinajstić information content (AvgIpc) is 2.61. The van der Waals surface area contributed by atoms with Crippen LogP contribution in [0.1, 0.15) is 5.56 Å². The second kappa shape index (κ2) is 3.79. The van der Waals surface area contributed by atoms with Crippen LogP contribution in [-0.4, -0.2) is 21.8 Å². The smallest absolute Gasteiger partial charge is 0.320 e. The minimum Gasteiger partial charge on any atom is -0.320 e. The molecule has 0 aliphatic rings. The summed E-state index contributed by atoms with van der Waals surface area (Å²) < 4.78 is 38.4. The summed E-state index contributed by atoms with van der Waals surface area (Å²) in [5, 5.41) is 3.95. The highest BCUT2D eigenvalue weighted by Gasteiger charge is 2.36. The zero-order chi connectivity index (χ0) is 11.8. The lowest BCUT2D eigenvalue weighted by molar-refractivity contribution is -0.147. The zero-order valence-electron chi connectivity index (χ0n) is 8.28. The fourth-order valence-corrected chi connectivity index (χ4v) is 1.50. The van der Waals surface area contributed by atoms with Crippen LogP contribution >= 0.6 is 0 Å². The van der Waals surface area contributed by atoms with E-state index in [1.54, 1.807) is 24.4 Å². The monoisotopic (exact) mass is 229 g/mol. The SMILES string of the molecule is NC(Cc1cnn2ccccc12)C(F)(F)F. The number of halogens is 3. The molecule has 86 valence electrons. The predicted octanol–water partition coefficient (Wildman–Crippen LogP) is 1.77. The van der Waals surface area contributed by atoms with Crippen molar-refractivity contribution < 1.29 is 13.2 Å². The zero-order valence-corrected chi connectivity index (χ0v) is 8.28. The molecule has 1 atom stereocenters. The van der Waals surface area contributed by atoms with Gasteiger partial charge in [0.2, 0.25) is 0 Å². The van der Waals surface area contributed by atoms with E-state index in [1.807, 2.05) is 0 Å². The van der Waals surface area contributed by atoms with E-state index in [0.29, 0.717) is 11.1 Å². The van der Waals surface area contributed by atoms with Crippen LogP contribution in [0, 0.1) is 0 Å². The van der Waals surface area contributed by atoms with Gasteiger partial charge in [-0.3, -0.25) is 0 Å². The van der Waals surface area contributed by atoms with Gasteiger partial charge in [0.25, 0.3) is 0 Å². The minimum atomic E-state index is -4.37. The summed E-state index contributed by atoms with van der Waals surface area (Å²) in [5.74, 6) is 0. The Morgan fingerprint density at radius 3 is 2.81 bits per heavy atom. The third kappa shape index (κ3) is 2.01. The van der Waals surface area contributed by atoms with Crippen molar-refractivity contribution in [1.82, 2.24) is 9.61 Å². The number of nitrogens with two attached hydrogens (primary N) is 1. The number of aromatic nitrogens is 2. The van der Waals surface area contributed by atoms with E-state index in [-0.39, 0.29) is 6.42 Å². The number of hydrogen-bond acceptors (Lipinski definition) is 2. The molecular weight excluding hydrogens is 219 g/mol. The lowest BCUT2D eigenvalue weighted by Gasteiger charge is -2.14. The summed E-state index contributed by atoms with van der Waals surface area (Å²) in [7, 11) is 0. The number of pyridine rings is 1. The Hall–Kier alpha value is -1.56. The minimum absolute atomic E-state index is 0.253. The molecule has 2 aromatic rings. The first-order valence-electron chi connectivity index (χ1n) is 4.72. The Labute approximate surface area is 89.7 Å². The van der Waals surface area contributed by atoms with Crippen LogP contribution < -0.4 is 5.73 Å². The molecule has 2 rings (SSSR count). The molecule has 0 radical (unpaired) electrons. The summed E-state index contributed by atoms with van der Waals surface area (Å²) in [6.07, 6.45) is -1.53. The van der Waals surface area contributed by atoms with Gasteiger partial charge in [0, 0.05) is 12.6 Å². The Morgan fingerprint density at radius 1 is 1.38 bits per heavy atom. The topological polar surface area (TPSA) is 43.3 Å². The van der Waals surface area contributed by atoms with E-state index in [1.165, 1.54) is 10.7 Å². The summed E-state index contributed by atoms with van der Waals surface area (Å²) in [4.78, 5) is 0. The van der Waals surface area contributed by atoms with E-state index < -0.39 is 12.2 Å². The van der Waals surface area contributed by atoms with Gasteiger partial charge in [-0.05, 0) is 17.7 Å². The van der Waals surface area contributed by atoms with Crippen LogP contribution in [0.5, 0.6) is 0 Å². The molecule has 0 aromatic carbocycles. The Morgan fingerprint density at radius 2 is 2.12 bits per heavy atom. The second-order valence-electron chi connectivity index (χ2n) is 3.55. The lowest BCUT2D eigenvalue weighted by Crippen LogP contribution is -2.39. The third-order valence-corrected chi connectivity index (χ3v) is 2.37. The van der Waals surface area contributed by atoms with Crippen LogP contribution in [0.25, 0.3) is 5.52 Å². The standard InChI is InChI=1S/C10H10F3N3/c11-10(12,13)9(14)5-7-6-15-16-4-2-1-3-8(7)16/h1-4,6,9H,5,14H2. The van der Waals surface area contributed by atoms with Gasteiger partial charge in [0.15, 0.2) is 0 Å². The Kier molecular flexibility index (Phi) is 2.59. The fraction of sp³-hybridized carbons (Fsp3) is 0.300. The number of nitrogens with zero attached hydrogens (tertiary/aromatic N) is 2. The van der Waals surface area contributed by atoms with E-state index in [2.05, 4.69) is 5.10 Å². The van der Waals surface area contributed by atoms with Crippen LogP contribution in [0.4, 0.5) is 13.2 Å². The summed E-state index contributed by atoms with van der Waals surface area (Å²) in [6.45, 7) is 0. The lowest BCUT2D eigenvalue weighted by atomic mass is 10.1. The van der Waals surface area contributed by atoms with E-state index in [0.717, 1.165) is 0 Å². The van der Waals surface area contributed by atoms with Gasteiger partial charge in [0.1, 0.15) is 6.04 Å². The quantitative estimate of drug-likeness (QED) is 0.852. The molecule has 2 aromatic heterocycles. The summed E-state index contributed by atoms with van der Waals surface area (Å²) in [5.41, 5.74) is 6.23. The van der Waals surface area contributed by atoms with Crippen LogP contribution in [-0.2, 0) is 6.42 Å². The maximum atomic E-state index is 12.3. The van der Waals surface area contributed by atoms with Crippen molar-refractivity contribution in [3.8, 4) is 0 Å². The normalized spacial score (nSPS) is 14.2. The van der Waals surface area contributed by atoms with Gasteiger partial charge >= 0.3 is 6.18 Å². The van der Waals surface area contributed by atoms with Gasteiger partial charge in [0.05, 0.1) is 11.7 Å². The molecule has 0 bridgehead atoms. The first-order chi connectivity index (χ1) is 7.48. The molecule has 0 aliphatic heterocycles. The van der Waals surface area contributed by atoms with Gasteiger partial charge < -0.3 is 5.73 Å². The van der Waals surface area contributed by atoms with Gasteiger partial charge in [-0.2, -0.15) is 18.3 Å².